The van der Waals surface area contributed by atoms with E-state index in [-0.39, 0.29) is 19.8 Å². The lowest BCUT2D eigenvalue weighted by Crippen LogP contribution is -2.29. The maximum atomic E-state index is 13.8. The predicted molar refractivity (Wildman–Crippen MR) is 79.3 cm³/mol. The number of halogens is 2. The molecule has 1 saturated carbocycles. The summed E-state index contributed by atoms with van der Waals surface area (Å²) in [7, 11) is 0. The summed E-state index contributed by atoms with van der Waals surface area (Å²) in [5, 5.41) is 0. The van der Waals surface area contributed by atoms with Crippen molar-refractivity contribution >= 4 is 0 Å². The lowest BCUT2D eigenvalue weighted by atomic mass is 10.2. The Hall–Kier alpha value is -2.28. The molecule has 1 fully saturated rings. The van der Waals surface area contributed by atoms with E-state index in [0.29, 0.717) is 0 Å². The van der Waals surface area contributed by atoms with Gasteiger partial charge in [-0.2, -0.15) is 0 Å². The minimum Gasteiger partial charge on any atom is -0.376 e. The van der Waals surface area contributed by atoms with Crippen molar-refractivity contribution < 1.29 is 13.5 Å². The third-order valence-corrected chi connectivity index (χ3v) is 4.06. The van der Waals surface area contributed by atoms with Crippen LogP contribution in [0.2, 0.25) is 0 Å². The highest BCUT2D eigenvalue weighted by molar-refractivity contribution is 5.13. The van der Waals surface area contributed by atoms with Crippen LogP contribution in [0.15, 0.2) is 52.2 Å². The number of rotatable bonds is 6. The molecule has 2 atom stereocenters. The number of nitrogens with zero attached hydrogens (tertiary/aromatic N) is 1. The molecule has 3 rings (SSSR count). The van der Waals surface area contributed by atoms with E-state index in [1.165, 1.54) is 6.20 Å². The average Bonchev–Trinajstić information content (AvgIpc) is 3.03. The Labute approximate surface area is 130 Å². The van der Waals surface area contributed by atoms with Crippen molar-refractivity contribution in [1.29, 1.82) is 0 Å². The van der Waals surface area contributed by atoms with E-state index >= 15 is 0 Å². The van der Waals surface area contributed by atoms with Gasteiger partial charge in [-0.15, -0.1) is 0 Å². The largest absolute Gasteiger partial charge is 0.376 e. The van der Waals surface area contributed by atoms with Gasteiger partial charge in [0.25, 0.3) is 11.5 Å². The van der Waals surface area contributed by atoms with Crippen molar-refractivity contribution in [3.05, 3.63) is 69.0 Å². The van der Waals surface area contributed by atoms with Crippen molar-refractivity contribution in [2.24, 2.45) is 11.8 Å². The second-order valence-electron chi connectivity index (χ2n) is 5.65. The standard InChI is InChI=1S/C16H16F2N2O3/c17-16(18)12(8-20-7-6-14(21)19-15(20)22)13(16)10-23-9-11-4-2-1-3-5-11/h1-7,12-13H,8-10H2,(H,19,21,22)/t12-,13+/m0/s1. The Morgan fingerprint density at radius 1 is 1.13 bits per heavy atom. The second-order valence-corrected chi connectivity index (χ2v) is 5.65. The summed E-state index contributed by atoms with van der Waals surface area (Å²) < 4.78 is 34.1. The van der Waals surface area contributed by atoms with Crippen LogP contribution in [0, 0.1) is 11.8 Å². The van der Waals surface area contributed by atoms with Crippen molar-refractivity contribution in [3.63, 3.8) is 0 Å². The van der Waals surface area contributed by atoms with Crippen LogP contribution in [0.25, 0.3) is 0 Å². The SMILES string of the molecule is O=c1ccn(C[C@H]2[C@@H](COCc3ccccc3)C2(F)F)c(=O)[nH]1. The van der Waals surface area contributed by atoms with Gasteiger partial charge in [0.2, 0.25) is 0 Å². The summed E-state index contributed by atoms with van der Waals surface area (Å²) >= 11 is 0. The first kappa shape index (κ1) is 15.6. The molecule has 2 aromatic rings. The number of alkyl halides is 2. The van der Waals surface area contributed by atoms with E-state index in [9.17, 15) is 18.4 Å². The lowest BCUT2D eigenvalue weighted by Gasteiger charge is -2.04. The Morgan fingerprint density at radius 3 is 2.57 bits per heavy atom. The highest BCUT2D eigenvalue weighted by atomic mass is 19.3. The molecule has 1 aromatic carbocycles. The first-order valence-electron chi connectivity index (χ1n) is 7.28. The van der Waals surface area contributed by atoms with Gasteiger partial charge in [-0.05, 0) is 5.56 Å². The topological polar surface area (TPSA) is 64.1 Å². The molecule has 1 aliphatic carbocycles. The molecule has 0 bridgehead atoms. The van der Waals surface area contributed by atoms with Gasteiger partial charge in [-0.1, -0.05) is 30.3 Å². The highest BCUT2D eigenvalue weighted by Gasteiger charge is 2.67. The molecule has 122 valence electrons. The predicted octanol–water partition coefficient (Wildman–Crippen LogP) is 1.63. The van der Waals surface area contributed by atoms with Gasteiger partial charge in [0.15, 0.2) is 0 Å². The third kappa shape index (κ3) is 3.39. The molecule has 0 spiro atoms. The Bertz CT molecular complexity index is 786. The first-order valence-corrected chi connectivity index (χ1v) is 7.28. The summed E-state index contributed by atoms with van der Waals surface area (Å²) in [4.78, 5) is 24.6. The monoisotopic (exact) mass is 322 g/mol. The van der Waals surface area contributed by atoms with Crippen LogP contribution in [-0.2, 0) is 17.9 Å². The van der Waals surface area contributed by atoms with Crippen LogP contribution in [0.4, 0.5) is 8.78 Å². The van der Waals surface area contributed by atoms with Gasteiger partial charge in [0.05, 0.1) is 25.0 Å². The van der Waals surface area contributed by atoms with Crippen molar-refractivity contribution in [2.75, 3.05) is 6.61 Å². The fourth-order valence-corrected chi connectivity index (χ4v) is 2.61. The maximum Gasteiger partial charge on any atom is 0.328 e. The van der Waals surface area contributed by atoms with E-state index in [0.717, 1.165) is 16.2 Å². The molecule has 7 heteroatoms. The zero-order valence-electron chi connectivity index (χ0n) is 12.2. The van der Waals surface area contributed by atoms with Gasteiger partial charge in [-0.3, -0.25) is 9.78 Å². The molecule has 0 saturated heterocycles. The smallest absolute Gasteiger partial charge is 0.328 e. The fraction of sp³-hybridized carbons (Fsp3) is 0.375. The Balaban J connectivity index is 1.57. The zero-order valence-corrected chi connectivity index (χ0v) is 12.2. The third-order valence-electron chi connectivity index (χ3n) is 4.06. The van der Waals surface area contributed by atoms with E-state index in [4.69, 9.17) is 4.74 Å². The molecule has 0 unspecified atom stereocenters. The molecule has 1 aromatic heterocycles. The Kier molecular flexibility index (Phi) is 4.12. The lowest BCUT2D eigenvalue weighted by molar-refractivity contribution is 0.0454. The molecule has 23 heavy (non-hydrogen) atoms. The summed E-state index contributed by atoms with van der Waals surface area (Å²) in [5.74, 6) is -4.72. The van der Waals surface area contributed by atoms with E-state index < -0.39 is 29.0 Å². The van der Waals surface area contributed by atoms with Crippen LogP contribution in [0.5, 0.6) is 0 Å². The summed E-state index contributed by atoms with van der Waals surface area (Å²) in [6.45, 7) is 0.0748. The van der Waals surface area contributed by atoms with Gasteiger partial charge in [0, 0.05) is 18.8 Å². The molecule has 5 nitrogen and oxygen atoms in total. The molecule has 0 amide bonds. The van der Waals surface area contributed by atoms with Crippen LogP contribution in [-0.4, -0.2) is 22.1 Å². The number of hydrogen-bond acceptors (Lipinski definition) is 3. The van der Waals surface area contributed by atoms with Gasteiger partial charge in [-0.25, -0.2) is 13.6 Å². The first-order chi connectivity index (χ1) is 11.0. The molecule has 1 heterocycles. The fourth-order valence-electron chi connectivity index (χ4n) is 2.61. The molecule has 0 aliphatic heterocycles. The number of nitrogens with one attached hydrogen (secondary N) is 1. The van der Waals surface area contributed by atoms with E-state index in [1.54, 1.807) is 0 Å². The summed E-state index contributed by atoms with van der Waals surface area (Å²) in [6, 6.07) is 10.5. The molecule has 0 radical (unpaired) electrons. The molecule has 1 aliphatic rings. The van der Waals surface area contributed by atoms with Gasteiger partial charge < -0.3 is 9.30 Å². The van der Waals surface area contributed by atoms with Gasteiger partial charge >= 0.3 is 5.69 Å². The summed E-state index contributed by atoms with van der Waals surface area (Å²) in [6.07, 6.45) is 1.23. The highest BCUT2D eigenvalue weighted by Crippen LogP contribution is 2.56. The Morgan fingerprint density at radius 2 is 1.87 bits per heavy atom. The van der Waals surface area contributed by atoms with Crippen LogP contribution in [0.1, 0.15) is 5.56 Å². The van der Waals surface area contributed by atoms with Crippen LogP contribution >= 0.6 is 0 Å². The van der Waals surface area contributed by atoms with Crippen molar-refractivity contribution in [1.82, 2.24) is 9.55 Å². The van der Waals surface area contributed by atoms with Crippen LogP contribution in [0.3, 0.4) is 0 Å². The number of H-pyrrole nitrogens is 1. The molecular formula is C16H16F2N2O3. The van der Waals surface area contributed by atoms with Crippen molar-refractivity contribution in [2.45, 2.75) is 19.1 Å². The minimum atomic E-state index is -2.85. The number of benzene rings is 1. The zero-order chi connectivity index (χ0) is 16.4. The quantitative estimate of drug-likeness (QED) is 0.879. The van der Waals surface area contributed by atoms with Crippen molar-refractivity contribution in [3.8, 4) is 0 Å². The second kappa shape index (κ2) is 6.08. The normalized spacial score (nSPS) is 22.0. The van der Waals surface area contributed by atoms with Gasteiger partial charge in [0.1, 0.15) is 0 Å². The van der Waals surface area contributed by atoms with E-state index in [2.05, 4.69) is 4.98 Å². The van der Waals surface area contributed by atoms with Crippen LogP contribution < -0.4 is 11.2 Å². The number of aromatic amines is 1. The maximum absolute atomic E-state index is 13.8. The summed E-state index contributed by atoms with van der Waals surface area (Å²) in [5.41, 5.74) is -0.300. The number of hydrogen-bond donors (Lipinski definition) is 1. The number of aromatic nitrogens is 2. The van der Waals surface area contributed by atoms with E-state index in [1.807, 2.05) is 30.3 Å². The average molecular weight is 322 g/mol. The number of ether oxygens (including phenoxy) is 1. The molecule has 1 N–H and O–H groups in total. The minimum absolute atomic E-state index is 0.0648. The molecular weight excluding hydrogens is 306 g/mol.